The second-order valence-corrected chi connectivity index (χ2v) is 14.0. The lowest BCUT2D eigenvalue weighted by Crippen LogP contribution is -2.09. The maximum absolute atomic E-state index is 14.3. The number of hydrogen-bond donors (Lipinski definition) is 0. The van der Waals surface area contributed by atoms with Crippen molar-refractivity contribution in [1.29, 1.82) is 0 Å². The molecule has 0 N–H and O–H groups in total. The molecule has 0 atom stereocenters. The zero-order chi connectivity index (χ0) is 34.4. The highest BCUT2D eigenvalue weighted by atomic mass is 19.1. The number of ether oxygens (including phenoxy) is 1. The van der Waals surface area contributed by atoms with E-state index in [0.29, 0.717) is 29.2 Å². The van der Waals surface area contributed by atoms with Gasteiger partial charge in [0.15, 0.2) is 0 Å². The van der Waals surface area contributed by atoms with Crippen LogP contribution in [-0.4, -0.2) is 19.3 Å². The van der Waals surface area contributed by atoms with Gasteiger partial charge in [-0.25, -0.2) is 14.1 Å². The van der Waals surface area contributed by atoms with Crippen LogP contribution < -0.4 is 4.74 Å². The molecule has 0 aliphatic heterocycles. The standard InChI is InChI=1S/C43H43FN4O/c1-26(2)19-38-29(6)28(5)30(7)39(20-27(3)4)43(38)31-24-46-47(25-31)33-11-10-12-34(22-33)49-35-15-16-37-36-13-8-9-14-40(36)48(41(37)23-35)42-21-32(44)17-18-45-42/h8-18,21-27H,19-20H2,1-7H3. The molecule has 4 aromatic carbocycles. The van der Waals surface area contributed by atoms with Crippen LogP contribution in [0.1, 0.15) is 55.5 Å². The number of para-hydroxylation sites is 1. The lowest BCUT2D eigenvalue weighted by molar-refractivity contribution is 0.483. The predicted molar refractivity (Wildman–Crippen MR) is 199 cm³/mol. The van der Waals surface area contributed by atoms with Crippen LogP contribution in [0.4, 0.5) is 4.39 Å². The van der Waals surface area contributed by atoms with Gasteiger partial charge in [-0.2, -0.15) is 5.10 Å². The summed E-state index contributed by atoms with van der Waals surface area (Å²) in [4.78, 5) is 4.49. The molecule has 49 heavy (non-hydrogen) atoms. The second kappa shape index (κ2) is 13.0. The Balaban J connectivity index is 1.26. The van der Waals surface area contributed by atoms with Gasteiger partial charge in [-0.3, -0.25) is 4.57 Å². The van der Waals surface area contributed by atoms with Gasteiger partial charge < -0.3 is 4.74 Å². The monoisotopic (exact) mass is 650 g/mol. The van der Waals surface area contributed by atoms with Gasteiger partial charge >= 0.3 is 0 Å². The Bertz CT molecular complexity index is 2290. The number of pyridine rings is 1. The lowest BCUT2D eigenvalue weighted by atomic mass is 9.80. The van der Waals surface area contributed by atoms with Crippen molar-refractivity contribution in [3.05, 3.63) is 131 Å². The number of halogens is 1. The quantitative estimate of drug-likeness (QED) is 0.156. The molecule has 0 saturated heterocycles. The molecule has 6 heteroatoms. The van der Waals surface area contributed by atoms with Crippen molar-refractivity contribution in [2.75, 3.05) is 0 Å². The van der Waals surface area contributed by atoms with Gasteiger partial charge in [0, 0.05) is 46.9 Å². The molecule has 0 aliphatic carbocycles. The molecular weight excluding hydrogens is 607 g/mol. The number of hydrogen-bond acceptors (Lipinski definition) is 3. The van der Waals surface area contributed by atoms with Crippen molar-refractivity contribution >= 4 is 21.8 Å². The number of benzene rings is 4. The molecule has 0 radical (unpaired) electrons. The van der Waals surface area contributed by atoms with E-state index < -0.39 is 0 Å². The highest BCUT2D eigenvalue weighted by molar-refractivity contribution is 6.09. The van der Waals surface area contributed by atoms with Gasteiger partial charge in [-0.1, -0.05) is 52.0 Å². The molecule has 248 valence electrons. The number of fused-ring (bicyclic) bond motifs is 3. The Morgan fingerprint density at radius 3 is 2.12 bits per heavy atom. The van der Waals surface area contributed by atoms with Crippen LogP contribution in [0.2, 0.25) is 0 Å². The van der Waals surface area contributed by atoms with Gasteiger partial charge in [-0.15, -0.1) is 0 Å². The first-order valence-corrected chi connectivity index (χ1v) is 17.2. The highest BCUT2D eigenvalue weighted by Crippen LogP contribution is 2.39. The van der Waals surface area contributed by atoms with Crippen LogP contribution in [0.25, 0.3) is 44.4 Å². The molecule has 0 saturated carbocycles. The van der Waals surface area contributed by atoms with E-state index >= 15 is 0 Å². The van der Waals surface area contributed by atoms with Crippen LogP contribution in [0.5, 0.6) is 11.5 Å². The molecule has 5 nitrogen and oxygen atoms in total. The summed E-state index contributed by atoms with van der Waals surface area (Å²) in [5.74, 6) is 2.65. The van der Waals surface area contributed by atoms with E-state index in [-0.39, 0.29) is 5.82 Å². The van der Waals surface area contributed by atoms with Crippen LogP contribution in [0.3, 0.4) is 0 Å². The maximum atomic E-state index is 14.3. The summed E-state index contributed by atoms with van der Waals surface area (Å²) in [7, 11) is 0. The van der Waals surface area contributed by atoms with E-state index in [0.717, 1.165) is 45.9 Å². The summed E-state index contributed by atoms with van der Waals surface area (Å²) >= 11 is 0. The Hall–Kier alpha value is -5.23. The van der Waals surface area contributed by atoms with E-state index in [1.807, 2.05) is 64.0 Å². The Morgan fingerprint density at radius 1 is 0.714 bits per heavy atom. The minimum absolute atomic E-state index is 0.332. The van der Waals surface area contributed by atoms with E-state index in [1.54, 1.807) is 0 Å². The fourth-order valence-corrected chi connectivity index (χ4v) is 7.16. The summed E-state index contributed by atoms with van der Waals surface area (Å²) in [5, 5.41) is 6.98. The lowest BCUT2D eigenvalue weighted by Gasteiger charge is -2.24. The highest BCUT2D eigenvalue weighted by Gasteiger charge is 2.22. The topological polar surface area (TPSA) is 44.9 Å². The number of rotatable bonds is 9. The smallest absolute Gasteiger partial charge is 0.140 e. The van der Waals surface area contributed by atoms with E-state index in [4.69, 9.17) is 9.84 Å². The van der Waals surface area contributed by atoms with Gasteiger partial charge in [0.05, 0.1) is 22.9 Å². The van der Waals surface area contributed by atoms with Crippen LogP contribution >= 0.6 is 0 Å². The molecule has 0 bridgehead atoms. The summed E-state index contributed by atoms with van der Waals surface area (Å²) in [6.45, 7) is 16.0. The number of aromatic nitrogens is 4. The van der Waals surface area contributed by atoms with Crippen molar-refractivity contribution in [1.82, 2.24) is 19.3 Å². The molecule has 3 aromatic heterocycles. The molecule has 0 aliphatic rings. The summed E-state index contributed by atoms with van der Waals surface area (Å²) in [6.07, 6.45) is 7.72. The van der Waals surface area contributed by atoms with Crippen LogP contribution in [-0.2, 0) is 12.8 Å². The second-order valence-electron chi connectivity index (χ2n) is 14.0. The van der Waals surface area contributed by atoms with Gasteiger partial charge in [0.25, 0.3) is 0 Å². The van der Waals surface area contributed by atoms with Crippen molar-refractivity contribution < 1.29 is 9.13 Å². The zero-order valence-electron chi connectivity index (χ0n) is 29.4. The maximum Gasteiger partial charge on any atom is 0.140 e. The molecular formula is C43H43FN4O. The zero-order valence-corrected chi connectivity index (χ0v) is 29.4. The third-order valence-corrected chi connectivity index (χ3v) is 9.63. The van der Waals surface area contributed by atoms with Gasteiger partial charge in [0.1, 0.15) is 23.1 Å². The first-order valence-electron chi connectivity index (χ1n) is 17.2. The molecule has 0 spiro atoms. The van der Waals surface area contributed by atoms with Crippen molar-refractivity contribution in [2.24, 2.45) is 11.8 Å². The fraction of sp³-hybridized carbons (Fsp3) is 0.256. The fourth-order valence-electron chi connectivity index (χ4n) is 7.16. The van der Waals surface area contributed by atoms with E-state index in [2.05, 4.69) is 77.8 Å². The largest absolute Gasteiger partial charge is 0.457 e. The average Bonchev–Trinajstić information content (AvgIpc) is 3.69. The summed E-state index contributed by atoms with van der Waals surface area (Å²) < 4.78 is 24.7. The average molecular weight is 651 g/mol. The van der Waals surface area contributed by atoms with Crippen LogP contribution in [0, 0.1) is 38.4 Å². The molecule has 3 heterocycles. The van der Waals surface area contributed by atoms with E-state index in [1.165, 1.54) is 51.7 Å². The van der Waals surface area contributed by atoms with Crippen molar-refractivity contribution in [2.45, 2.75) is 61.3 Å². The molecule has 0 unspecified atom stereocenters. The molecule has 7 aromatic rings. The number of nitrogens with zero attached hydrogens (tertiary/aromatic N) is 4. The minimum Gasteiger partial charge on any atom is -0.457 e. The van der Waals surface area contributed by atoms with Gasteiger partial charge in [0.2, 0.25) is 0 Å². The third-order valence-electron chi connectivity index (χ3n) is 9.63. The Morgan fingerprint density at radius 2 is 1.41 bits per heavy atom. The van der Waals surface area contributed by atoms with Crippen LogP contribution in [0.15, 0.2) is 97.5 Å². The van der Waals surface area contributed by atoms with E-state index in [9.17, 15) is 4.39 Å². The molecule has 0 amide bonds. The first kappa shape index (κ1) is 32.3. The summed E-state index contributed by atoms with van der Waals surface area (Å²) in [6, 6.07) is 25.0. The normalized spacial score (nSPS) is 11.8. The Labute approximate surface area is 288 Å². The minimum atomic E-state index is -0.332. The van der Waals surface area contributed by atoms with Crippen molar-refractivity contribution in [3.8, 4) is 34.1 Å². The SMILES string of the molecule is Cc1c(C)c(CC(C)C)c(-c2cnn(-c3cccc(Oc4ccc5c6ccccc6n(-c6cc(F)ccn6)c5c4)c3)c2)c(CC(C)C)c1C. The molecule has 7 rings (SSSR count). The Kier molecular flexibility index (Phi) is 8.57. The summed E-state index contributed by atoms with van der Waals surface area (Å²) in [5.41, 5.74) is 12.3. The predicted octanol–water partition coefficient (Wildman–Crippen LogP) is 11.3. The van der Waals surface area contributed by atoms with Gasteiger partial charge in [-0.05, 0) is 115 Å². The van der Waals surface area contributed by atoms with Crippen molar-refractivity contribution in [3.63, 3.8) is 0 Å². The molecule has 0 fully saturated rings. The first-order chi connectivity index (χ1) is 23.6. The third kappa shape index (κ3) is 6.12.